The minimum absolute atomic E-state index is 0.0148. The Morgan fingerprint density at radius 2 is 1.87 bits per heavy atom. The number of hydrogen-bond donors (Lipinski definition) is 0. The minimum atomic E-state index is -0.562. The molecule has 0 aliphatic heterocycles. The monoisotopic (exact) mass is 438 g/mol. The highest BCUT2D eigenvalue weighted by atomic mass is 35.5. The predicted octanol–water partition coefficient (Wildman–Crippen LogP) is 3.81. The van der Waals surface area contributed by atoms with Gasteiger partial charge in [0.2, 0.25) is 11.7 Å². The lowest BCUT2D eigenvalue weighted by atomic mass is 10.2. The number of ether oxygens (including phenoxy) is 1. The molecule has 0 aliphatic rings. The van der Waals surface area contributed by atoms with Crippen molar-refractivity contribution >= 4 is 29.2 Å². The average Bonchev–Trinajstić information content (AvgIpc) is 3.27. The molecule has 0 spiro atoms. The van der Waals surface area contributed by atoms with Gasteiger partial charge in [-0.05, 0) is 36.4 Å². The molecule has 0 aliphatic carbocycles. The SMILES string of the molecule is N#CCCN(C(=O)COC(=O)CCc1nc(-c2ccc(Cl)cc2)no1)c1ccccc1. The first kappa shape index (κ1) is 22.0. The zero-order chi connectivity index (χ0) is 22.1. The van der Waals surface area contributed by atoms with Gasteiger partial charge >= 0.3 is 5.97 Å². The van der Waals surface area contributed by atoms with Gasteiger partial charge in [0.25, 0.3) is 5.91 Å². The highest BCUT2D eigenvalue weighted by Crippen LogP contribution is 2.19. The van der Waals surface area contributed by atoms with E-state index in [4.69, 9.17) is 26.1 Å². The molecule has 0 saturated heterocycles. The summed E-state index contributed by atoms with van der Waals surface area (Å²) in [6.45, 7) is -0.203. The van der Waals surface area contributed by atoms with E-state index in [0.29, 0.717) is 16.5 Å². The van der Waals surface area contributed by atoms with Crippen LogP contribution in [0.4, 0.5) is 5.69 Å². The fourth-order valence-corrected chi connectivity index (χ4v) is 2.87. The lowest BCUT2D eigenvalue weighted by Gasteiger charge is -2.21. The van der Waals surface area contributed by atoms with Crippen molar-refractivity contribution in [2.45, 2.75) is 19.3 Å². The average molecular weight is 439 g/mol. The molecule has 1 heterocycles. The molecule has 1 aromatic heterocycles. The highest BCUT2D eigenvalue weighted by molar-refractivity contribution is 6.30. The Morgan fingerprint density at radius 3 is 2.58 bits per heavy atom. The molecule has 0 saturated carbocycles. The van der Waals surface area contributed by atoms with E-state index >= 15 is 0 Å². The van der Waals surface area contributed by atoms with Crippen LogP contribution in [-0.4, -0.2) is 35.2 Å². The van der Waals surface area contributed by atoms with Gasteiger partial charge in [-0.15, -0.1) is 0 Å². The summed E-state index contributed by atoms with van der Waals surface area (Å²) in [5, 5.41) is 13.3. The molecule has 0 fully saturated rings. The molecule has 31 heavy (non-hydrogen) atoms. The van der Waals surface area contributed by atoms with Crippen molar-refractivity contribution in [1.29, 1.82) is 5.26 Å². The molecular weight excluding hydrogens is 420 g/mol. The van der Waals surface area contributed by atoms with Crippen LogP contribution >= 0.6 is 11.6 Å². The molecule has 0 N–H and O–H groups in total. The first-order valence-corrected chi connectivity index (χ1v) is 9.91. The topological polar surface area (TPSA) is 109 Å². The summed E-state index contributed by atoms with van der Waals surface area (Å²) in [5.74, 6) is -0.287. The smallest absolute Gasteiger partial charge is 0.306 e. The number of hydrogen-bond acceptors (Lipinski definition) is 7. The number of carbonyl (C=O) groups excluding carboxylic acids is 2. The summed E-state index contributed by atoms with van der Waals surface area (Å²) >= 11 is 5.86. The van der Waals surface area contributed by atoms with Gasteiger partial charge in [0.05, 0.1) is 18.9 Å². The van der Waals surface area contributed by atoms with Gasteiger partial charge in [0, 0.05) is 29.2 Å². The van der Waals surface area contributed by atoms with Crippen molar-refractivity contribution in [1.82, 2.24) is 10.1 Å². The van der Waals surface area contributed by atoms with Crippen LogP contribution in [0.3, 0.4) is 0 Å². The van der Waals surface area contributed by atoms with Gasteiger partial charge in [-0.3, -0.25) is 9.59 Å². The van der Waals surface area contributed by atoms with Crippen LogP contribution in [0.15, 0.2) is 59.1 Å². The number of esters is 1. The second kappa shape index (κ2) is 10.9. The van der Waals surface area contributed by atoms with E-state index in [-0.39, 0.29) is 31.7 Å². The van der Waals surface area contributed by atoms with Crippen molar-refractivity contribution < 1.29 is 18.8 Å². The molecule has 158 valence electrons. The molecule has 0 atom stereocenters. The van der Waals surface area contributed by atoms with E-state index in [0.717, 1.165) is 5.56 Å². The summed E-state index contributed by atoms with van der Waals surface area (Å²) in [4.78, 5) is 30.2. The summed E-state index contributed by atoms with van der Waals surface area (Å²) in [5.41, 5.74) is 1.38. The summed E-state index contributed by atoms with van der Waals surface area (Å²) in [6, 6.07) is 17.9. The van der Waals surface area contributed by atoms with Gasteiger partial charge in [-0.25, -0.2) is 0 Å². The largest absolute Gasteiger partial charge is 0.456 e. The molecule has 3 aromatic rings. The van der Waals surface area contributed by atoms with E-state index in [1.165, 1.54) is 4.90 Å². The van der Waals surface area contributed by atoms with Crippen molar-refractivity contribution in [3.8, 4) is 17.5 Å². The number of anilines is 1. The Hall–Kier alpha value is -3.70. The Labute approximate surface area is 184 Å². The van der Waals surface area contributed by atoms with Crippen LogP contribution in [0.1, 0.15) is 18.7 Å². The van der Waals surface area contributed by atoms with Crippen LogP contribution in [0.2, 0.25) is 5.02 Å². The Balaban J connectivity index is 1.50. The van der Waals surface area contributed by atoms with Crippen LogP contribution in [0.25, 0.3) is 11.4 Å². The molecule has 0 unspecified atom stereocenters. The van der Waals surface area contributed by atoms with Gasteiger partial charge in [-0.2, -0.15) is 10.2 Å². The molecule has 2 aromatic carbocycles. The number of para-hydroxylation sites is 1. The molecule has 0 radical (unpaired) electrons. The third-order valence-corrected chi connectivity index (χ3v) is 4.54. The quantitative estimate of drug-likeness (QED) is 0.467. The van der Waals surface area contributed by atoms with E-state index in [1.807, 2.05) is 12.1 Å². The van der Waals surface area contributed by atoms with Crippen LogP contribution < -0.4 is 4.90 Å². The maximum Gasteiger partial charge on any atom is 0.306 e. The second-order valence-electron chi connectivity index (χ2n) is 6.47. The maximum absolute atomic E-state index is 12.5. The number of rotatable bonds is 9. The molecule has 0 bridgehead atoms. The highest BCUT2D eigenvalue weighted by Gasteiger charge is 2.18. The van der Waals surface area contributed by atoms with E-state index in [2.05, 4.69) is 10.1 Å². The van der Waals surface area contributed by atoms with Crippen LogP contribution in [0, 0.1) is 11.3 Å². The zero-order valence-electron chi connectivity index (χ0n) is 16.5. The first-order chi connectivity index (χ1) is 15.1. The third-order valence-electron chi connectivity index (χ3n) is 4.29. The second-order valence-corrected chi connectivity index (χ2v) is 6.90. The lowest BCUT2D eigenvalue weighted by molar-refractivity contribution is -0.147. The fourth-order valence-electron chi connectivity index (χ4n) is 2.74. The van der Waals surface area contributed by atoms with E-state index < -0.39 is 18.5 Å². The van der Waals surface area contributed by atoms with Gasteiger partial charge in [0.1, 0.15) is 0 Å². The summed E-state index contributed by atoms with van der Waals surface area (Å²) in [7, 11) is 0. The van der Waals surface area contributed by atoms with Crippen molar-refractivity contribution in [3.05, 3.63) is 65.5 Å². The minimum Gasteiger partial charge on any atom is -0.456 e. The zero-order valence-corrected chi connectivity index (χ0v) is 17.3. The van der Waals surface area contributed by atoms with Crippen molar-refractivity contribution in [3.63, 3.8) is 0 Å². The third kappa shape index (κ3) is 6.39. The maximum atomic E-state index is 12.5. The van der Waals surface area contributed by atoms with E-state index in [1.54, 1.807) is 48.5 Å². The van der Waals surface area contributed by atoms with Crippen molar-refractivity contribution in [2.75, 3.05) is 18.1 Å². The summed E-state index contributed by atoms with van der Waals surface area (Å²) in [6.07, 6.45) is 0.338. The molecule has 1 amide bonds. The molecular formula is C22H19ClN4O4. The van der Waals surface area contributed by atoms with Gasteiger partial charge < -0.3 is 14.2 Å². The number of nitrogens with zero attached hydrogens (tertiary/aromatic N) is 4. The number of nitriles is 1. The Morgan fingerprint density at radius 1 is 1.13 bits per heavy atom. The number of carbonyl (C=O) groups is 2. The van der Waals surface area contributed by atoms with E-state index in [9.17, 15) is 9.59 Å². The molecule has 3 rings (SSSR count). The standard InChI is InChI=1S/C22H19ClN4O4/c23-17-9-7-16(8-10-17)22-25-19(31-26-22)11-12-21(29)30-15-20(28)27(14-4-13-24)18-5-2-1-3-6-18/h1-3,5-10H,4,11-12,14-15H2. The fraction of sp³-hybridized carbons (Fsp3) is 0.227. The normalized spacial score (nSPS) is 10.3. The van der Waals surface area contributed by atoms with Gasteiger partial charge in [-0.1, -0.05) is 35.0 Å². The number of aryl methyl sites for hydroxylation is 1. The summed E-state index contributed by atoms with van der Waals surface area (Å²) < 4.78 is 10.3. The van der Waals surface area contributed by atoms with Crippen LogP contribution in [-0.2, 0) is 20.7 Å². The number of amides is 1. The Kier molecular flexibility index (Phi) is 7.73. The van der Waals surface area contributed by atoms with Crippen molar-refractivity contribution in [2.24, 2.45) is 0 Å². The molecule has 9 heteroatoms. The number of halogens is 1. The Bertz CT molecular complexity index is 1060. The molecule has 8 nitrogen and oxygen atoms in total. The number of aromatic nitrogens is 2. The lowest BCUT2D eigenvalue weighted by Crippen LogP contribution is -2.35. The van der Waals surface area contributed by atoms with Gasteiger partial charge in [0.15, 0.2) is 6.61 Å². The predicted molar refractivity (Wildman–Crippen MR) is 113 cm³/mol. The number of benzene rings is 2. The first-order valence-electron chi connectivity index (χ1n) is 9.53. The van der Waals surface area contributed by atoms with Crippen LogP contribution in [0.5, 0.6) is 0 Å².